The van der Waals surface area contributed by atoms with E-state index in [4.69, 9.17) is 4.74 Å². The Labute approximate surface area is 124 Å². The number of pyridine rings is 1. The van der Waals surface area contributed by atoms with Crippen LogP contribution in [0.4, 0.5) is 0 Å². The maximum Gasteiger partial charge on any atom is 0.225 e. The Balaban J connectivity index is 1.83. The lowest BCUT2D eigenvalue weighted by Gasteiger charge is -2.12. The van der Waals surface area contributed by atoms with Gasteiger partial charge in [0.05, 0.1) is 12.0 Å². The van der Waals surface area contributed by atoms with Crippen LogP contribution in [0.15, 0.2) is 18.3 Å². The van der Waals surface area contributed by atoms with Gasteiger partial charge in [0.25, 0.3) is 0 Å². The summed E-state index contributed by atoms with van der Waals surface area (Å²) in [5.41, 5.74) is 0.900. The van der Waals surface area contributed by atoms with Crippen LogP contribution < -0.4 is 10.1 Å². The fraction of sp³-hybridized carbons (Fsp3) is 0.533. The summed E-state index contributed by atoms with van der Waals surface area (Å²) in [6, 6.07) is 3.66. The molecule has 6 nitrogen and oxygen atoms in total. The molecule has 0 radical (unpaired) electrons. The van der Waals surface area contributed by atoms with Gasteiger partial charge >= 0.3 is 0 Å². The van der Waals surface area contributed by atoms with Gasteiger partial charge in [-0.2, -0.15) is 0 Å². The van der Waals surface area contributed by atoms with Crippen molar-refractivity contribution in [1.82, 2.24) is 15.2 Å². The zero-order valence-electron chi connectivity index (χ0n) is 12.6. The molecule has 0 saturated carbocycles. The van der Waals surface area contributed by atoms with E-state index in [9.17, 15) is 9.59 Å². The number of nitrogens with zero attached hydrogens (tertiary/aromatic N) is 2. The summed E-state index contributed by atoms with van der Waals surface area (Å²) in [4.78, 5) is 29.2. The van der Waals surface area contributed by atoms with E-state index in [1.165, 1.54) is 0 Å². The predicted octanol–water partition coefficient (Wildman–Crippen LogP) is 0.963. The Morgan fingerprint density at radius 1 is 1.52 bits per heavy atom. The third kappa shape index (κ3) is 4.18. The average molecular weight is 291 g/mol. The fourth-order valence-corrected chi connectivity index (χ4v) is 2.20. The van der Waals surface area contributed by atoms with E-state index >= 15 is 0 Å². The monoisotopic (exact) mass is 291 g/mol. The first-order valence-corrected chi connectivity index (χ1v) is 7.09. The lowest BCUT2D eigenvalue weighted by Crippen LogP contribution is -2.31. The summed E-state index contributed by atoms with van der Waals surface area (Å²) < 4.78 is 5.46. The van der Waals surface area contributed by atoms with E-state index in [0.29, 0.717) is 25.4 Å². The van der Waals surface area contributed by atoms with Crippen LogP contribution in [-0.2, 0) is 16.1 Å². The van der Waals surface area contributed by atoms with Crippen molar-refractivity contribution in [3.8, 4) is 5.88 Å². The molecule has 0 spiro atoms. The number of nitrogens with one attached hydrogen (secondary N) is 1. The molecule has 1 aromatic heterocycles. The molecule has 1 fully saturated rings. The maximum absolute atomic E-state index is 12.0. The van der Waals surface area contributed by atoms with Crippen molar-refractivity contribution >= 4 is 11.8 Å². The highest BCUT2D eigenvalue weighted by Gasteiger charge is 2.31. The number of carbonyl (C=O) groups excluding carboxylic acids is 2. The van der Waals surface area contributed by atoms with Gasteiger partial charge in [0.2, 0.25) is 17.7 Å². The van der Waals surface area contributed by atoms with Crippen LogP contribution in [0.5, 0.6) is 5.88 Å². The summed E-state index contributed by atoms with van der Waals surface area (Å²) in [5, 5.41) is 2.84. The SMILES string of the molecule is CC(C)Oc1ccc(CNC(=O)[C@@H]2CC(=O)N(C)C2)cn1. The van der Waals surface area contributed by atoms with Crippen molar-refractivity contribution in [3.05, 3.63) is 23.9 Å². The molecule has 2 rings (SSSR count). The highest BCUT2D eigenvalue weighted by molar-refractivity contribution is 5.89. The molecule has 2 amide bonds. The molecule has 0 bridgehead atoms. The zero-order valence-corrected chi connectivity index (χ0v) is 12.6. The van der Waals surface area contributed by atoms with Gasteiger partial charge in [0.15, 0.2) is 0 Å². The van der Waals surface area contributed by atoms with Crippen molar-refractivity contribution in [2.45, 2.75) is 32.9 Å². The number of carbonyl (C=O) groups is 2. The molecular formula is C15H21N3O3. The van der Waals surface area contributed by atoms with E-state index in [0.717, 1.165) is 5.56 Å². The number of hydrogen-bond acceptors (Lipinski definition) is 4. The average Bonchev–Trinajstić information content (AvgIpc) is 2.77. The summed E-state index contributed by atoms with van der Waals surface area (Å²) >= 11 is 0. The molecule has 6 heteroatoms. The standard InChI is InChI=1S/C15H21N3O3/c1-10(2)21-13-5-4-11(7-16-13)8-17-15(20)12-6-14(19)18(3)9-12/h4-5,7,10,12H,6,8-9H2,1-3H3,(H,17,20)/t12-/m1/s1. The minimum absolute atomic E-state index is 0.0204. The van der Waals surface area contributed by atoms with Crippen LogP contribution in [0.3, 0.4) is 0 Å². The number of rotatable bonds is 5. The molecule has 1 aromatic rings. The van der Waals surface area contributed by atoms with Gasteiger partial charge in [0, 0.05) is 38.8 Å². The second-order valence-electron chi connectivity index (χ2n) is 5.56. The van der Waals surface area contributed by atoms with Crippen molar-refractivity contribution < 1.29 is 14.3 Å². The molecule has 1 saturated heterocycles. The minimum Gasteiger partial charge on any atom is -0.475 e. The quantitative estimate of drug-likeness (QED) is 0.877. The van der Waals surface area contributed by atoms with Crippen LogP contribution in [0.25, 0.3) is 0 Å². The van der Waals surface area contributed by atoms with Crippen LogP contribution in [-0.4, -0.2) is 41.4 Å². The van der Waals surface area contributed by atoms with E-state index in [1.54, 1.807) is 24.2 Å². The third-order valence-electron chi connectivity index (χ3n) is 3.33. The maximum atomic E-state index is 12.0. The van der Waals surface area contributed by atoms with Crippen molar-refractivity contribution in [2.24, 2.45) is 5.92 Å². The van der Waals surface area contributed by atoms with Gasteiger partial charge < -0.3 is 15.0 Å². The van der Waals surface area contributed by atoms with E-state index in [-0.39, 0.29) is 23.8 Å². The number of ether oxygens (including phenoxy) is 1. The first kappa shape index (κ1) is 15.3. The van der Waals surface area contributed by atoms with Crippen molar-refractivity contribution in [3.63, 3.8) is 0 Å². The Hall–Kier alpha value is -2.11. The largest absolute Gasteiger partial charge is 0.475 e. The second kappa shape index (κ2) is 6.56. The van der Waals surface area contributed by atoms with Crippen LogP contribution >= 0.6 is 0 Å². The fourth-order valence-electron chi connectivity index (χ4n) is 2.20. The van der Waals surface area contributed by atoms with Crippen LogP contribution in [0, 0.1) is 5.92 Å². The topological polar surface area (TPSA) is 71.5 Å². The molecule has 1 aliphatic rings. The zero-order chi connectivity index (χ0) is 15.4. The summed E-state index contributed by atoms with van der Waals surface area (Å²) in [6.45, 7) is 4.78. The Morgan fingerprint density at radius 3 is 2.81 bits per heavy atom. The molecule has 0 aliphatic carbocycles. The van der Waals surface area contributed by atoms with Gasteiger partial charge in [0.1, 0.15) is 0 Å². The lowest BCUT2D eigenvalue weighted by molar-refractivity contribution is -0.128. The van der Waals surface area contributed by atoms with E-state index in [1.807, 2.05) is 19.9 Å². The van der Waals surface area contributed by atoms with Crippen molar-refractivity contribution in [1.29, 1.82) is 0 Å². The first-order chi connectivity index (χ1) is 9.95. The van der Waals surface area contributed by atoms with Gasteiger partial charge in [-0.1, -0.05) is 6.07 Å². The van der Waals surface area contributed by atoms with Gasteiger partial charge in [-0.25, -0.2) is 4.98 Å². The number of hydrogen-bond donors (Lipinski definition) is 1. The van der Waals surface area contributed by atoms with Crippen molar-refractivity contribution in [2.75, 3.05) is 13.6 Å². The third-order valence-corrected chi connectivity index (χ3v) is 3.33. The smallest absolute Gasteiger partial charge is 0.225 e. The van der Waals surface area contributed by atoms with E-state index in [2.05, 4.69) is 10.3 Å². The lowest BCUT2D eigenvalue weighted by atomic mass is 10.1. The Kier molecular flexibility index (Phi) is 4.77. The molecule has 0 aromatic carbocycles. The normalized spacial score (nSPS) is 18.2. The van der Waals surface area contributed by atoms with Gasteiger partial charge in [-0.3, -0.25) is 9.59 Å². The molecule has 0 unspecified atom stereocenters. The van der Waals surface area contributed by atoms with Crippen LogP contribution in [0.2, 0.25) is 0 Å². The summed E-state index contributed by atoms with van der Waals surface area (Å²) in [5.74, 6) is 0.254. The molecular weight excluding hydrogens is 270 g/mol. The van der Waals surface area contributed by atoms with Gasteiger partial charge in [-0.05, 0) is 19.4 Å². The highest BCUT2D eigenvalue weighted by atomic mass is 16.5. The van der Waals surface area contributed by atoms with Gasteiger partial charge in [-0.15, -0.1) is 0 Å². The molecule has 1 N–H and O–H groups in total. The van der Waals surface area contributed by atoms with Crippen LogP contribution in [0.1, 0.15) is 25.8 Å². The summed E-state index contributed by atoms with van der Waals surface area (Å²) in [7, 11) is 1.72. The number of likely N-dealkylation sites (tertiary alicyclic amines) is 1. The Morgan fingerprint density at radius 2 is 2.29 bits per heavy atom. The Bertz CT molecular complexity index is 513. The molecule has 114 valence electrons. The minimum atomic E-state index is -0.251. The first-order valence-electron chi connectivity index (χ1n) is 7.09. The highest BCUT2D eigenvalue weighted by Crippen LogP contribution is 2.16. The summed E-state index contributed by atoms with van der Waals surface area (Å²) in [6.07, 6.45) is 2.06. The number of aromatic nitrogens is 1. The molecule has 1 atom stereocenters. The predicted molar refractivity (Wildman–Crippen MR) is 77.6 cm³/mol. The van der Waals surface area contributed by atoms with E-state index < -0.39 is 0 Å². The molecule has 2 heterocycles. The number of amides is 2. The molecule has 21 heavy (non-hydrogen) atoms. The molecule has 1 aliphatic heterocycles. The second-order valence-corrected chi connectivity index (χ2v) is 5.56.